The molecule has 0 saturated carbocycles. The van der Waals surface area contributed by atoms with E-state index in [1.807, 2.05) is 48.8 Å². The van der Waals surface area contributed by atoms with Crippen LogP contribution in [0.3, 0.4) is 0 Å². The van der Waals surface area contributed by atoms with Crippen molar-refractivity contribution in [3.8, 4) is 11.3 Å². The van der Waals surface area contributed by atoms with E-state index in [0.29, 0.717) is 28.8 Å². The molecule has 0 unspecified atom stereocenters. The highest BCUT2D eigenvalue weighted by molar-refractivity contribution is 5.84. The van der Waals surface area contributed by atoms with Gasteiger partial charge in [-0.25, -0.2) is 9.78 Å². The fourth-order valence-electron chi connectivity index (χ4n) is 5.80. The minimum atomic E-state index is -0.389. The van der Waals surface area contributed by atoms with Gasteiger partial charge in [0.15, 0.2) is 5.65 Å². The molecule has 1 aromatic carbocycles. The van der Waals surface area contributed by atoms with Gasteiger partial charge in [0.1, 0.15) is 5.58 Å². The summed E-state index contributed by atoms with van der Waals surface area (Å²) in [5.74, 6) is 0.613. The van der Waals surface area contributed by atoms with Crippen LogP contribution in [0.1, 0.15) is 24.2 Å². The predicted octanol–water partition coefficient (Wildman–Crippen LogP) is 3.01. The standard InChI is InChI=1S/C26H29N5O3/c1-16-12-31-14-22(28-25(31)17(2)27-16)21-10-18-5-6-20(11-24(18)34-26(21)33)30-13-19-4-3-7-29(8-9-32)23(19)15-30/h5-6,10-12,14,19,23,32H,3-4,7-9,13,15H2,1-2H3/t19-,23+/m1/s1. The number of piperidine rings is 1. The van der Waals surface area contributed by atoms with E-state index in [9.17, 15) is 9.90 Å². The molecule has 5 heterocycles. The van der Waals surface area contributed by atoms with Crippen molar-refractivity contribution in [1.29, 1.82) is 0 Å². The van der Waals surface area contributed by atoms with Gasteiger partial charge in [-0.1, -0.05) is 0 Å². The maximum absolute atomic E-state index is 12.9. The first-order valence-electron chi connectivity index (χ1n) is 12.0. The summed E-state index contributed by atoms with van der Waals surface area (Å²) in [5.41, 5.74) is 4.77. The summed E-state index contributed by atoms with van der Waals surface area (Å²) in [6.45, 7) is 7.79. The Kier molecular flexibility index (Phi) is 5.15. The SMILES string of the molecule is Cc1cn2cc(-c3cc4ccc(N5C[C@H]6CCCN(CCO)[C@H]6C5)cc4oc3=O)nc2c(C)n1. The average molecular weight is 460 g/mol. The number of aryl methyl sites for hydroxylation is 2. The fourth-order valence-corrected chi connectivity index (χ4v) is 5.80. The van der Waals surface area contributed by atoms with Crippen LogP contribution >= 0.6 is 0 Å². The molecule has 0 spiro atoms. The number of fused-ring (bicyclic) bond motifs is 3. The minimum Gasteiger partial charge on any atom is -0.422 e. The first-order valence-corrected chi connectivity index (χ1v) is 12.0. The number of hydrogen-bond donors (Lipinski definition) is 1. The van der Waals surface area contributed by atoms with E-state index in [-0.39, 0.29) is 12.2 Å². The van der Waals surface area contributed by atoms with E-state index < -0.39 is 0 Å². The van der Waals surface area contributed by atoms with Crippen LogP contribution in [0.15, 0.2) is 45.9 Å². The van der Waals surface area contributed by atoms with Gasteiger partial charge < -0.3 is 18.8 Å². The highest BCUT2D eigenvalue weighted by Crippen LogP contribution is 2.34. The zero-order valence-corrected chi connectivity index (χ0v) is 19.6. The summed E-state index contributed by atoms with van der Waals surface area (Å²) in [6.07, 6.45) is 6.17. The van der Waals surface area contributed by atoms with Crippen molar-refractivity contribution in [2.75, 3.05) is 37.7 Å². The summed E-state index contributed by atoms with van der Waals surface area (Å²) in [7, 11) is 0. The topological polar surface area (TPSA) is 87.1 Å². The average Bonchev–Trinajstić information content (AvgIpc) is 3.43. The number of β-amino-alcohol motifs (C(OH)–C–C–N with tert-alkyl or cyclic N) is 1. The molecule has 2 aliphatic rings. The minimum absolute atomic E-state index is 0.203. The lowest BCUT2D eigenvalue weighted by Gasteiger charge is -2.36. The largest absolute Gasteiger partial charge is 0.422 e. The third kappa shape index (κ3) is 3.58. The Morgan fingerprint density at radius 3 is 2.88 bits per heavy atom. The second-order valence-electron chi connectivity index (χ2n) is 9.63. The van der Waals surface area contributed by atoms with Crippen LogP contribution < -0.4 is 10.5 Å². The van der Waals surface area contributed by atoms with Crippen LogP contribution in [0, 0.1) is 19.8 Å². The molecule has 2 fully saturated rings. The number of anilines is 1. The predicted molar refractivity (Wildman–Crippen MR) is 131 cm³/mol. The third-order valence-electron chi connectivity index (χ3n) is 7.37. The molecule has 0 aliphatic carbocycles. The Labute approximate surface area is 197 Å². The maximum atomic E-state index is 12.9. The zero-order chi connectivity index (χ0) is 23.4. The van der Waals surface area contributed by atoms with Gasteiger partial charge in [0.2, 0.25) is 0 Å². The van der Waals surface area contributed by atoms with E-state index in [0.717, 1.165) is 54.3 Å². The number of aliphatic hydroxyl groups is 1. The van der Waals surface area contributed by atoms with E-state index in [2.05, 4.69) is 25.8 Å². The lowest BCUT2D eigenvalue weighted by atomic mass is 9.92. The molecule has 2 saturated heterocycles. The summed E-state index contributed by atoms with van der Waals surface area (Å²) in [6, 6.07) is 8.46. The molecule has 176 valence electrons. The van der Waals surface area contributed by atoms with Gasteiger partial charge in [0, 0.05) is 55.2 Å². The van der Waals surface area contributed by atoms with Crippen LogP contribution in [-0.2, 0) is 0 Å². The summed E-state index contributed by atoms with van der Waals surface area (Å²) in [5, 5.41) is 10.3. The number of aromatic nitrogens is 3. The monoisotopic (exact) mass is 459 g/mol. The van der Waals surface area contributed by atoms with Gasteiger partial charge >= 0.3 is 5.63 Å². The van der Waals surface area contributed by atoms with Crippen LogP contribution in [0.25, 0.3) is 27.9 Å². The molecule has 6 rings (SSSR count). The second-order valence-corrected chi connectivity index (χ2v) is 9.63. The Balaban J connectivity index is 1.32. The zero-order valence-electron chi connectivity index (χ0n) is 19.6. The molecule has 0 amide bonds. The number of nitrogens with zero attached hydrogens (tertiary/aromatic N) is 5. The van der Waals surface area contributed by atoms with E-state index in [1.165, 1.54) is 12.8 Å². The first kappa shape index (κ1) is 21.3. The number of likely N-dealkylation sites (tertiary alicyclic amines) is 1. The van der Waals surface area contributed by atoms with Crippen molar-refractivity contribution >= 4 is 22.3 Å². The van der Waals surface area contributed by atoms with E-state index >= 15 is 0 Å². The number of hydrogen-bond acceptors (Lipinski definition) is 7. The van der Waals surface area contributed by atoms with Crippen molar-refractivity contribution in [2.24, 2.45) is 5.92 Å². The van der Waals surface area contributed by atoms with Gasteiger partial charge in [-0.15, -0.1) is 0 Å². The number of rotatable bonds is 4. The first-order chi connectivity index (χ1) is 16.5. The molecular weight excluding hydrogens is 430 g/mol. The van der Waals surface area contributed by atoms with Gasteiger partial charge in [-0.3, -0.25) is 9.88 Å². The molecule has 2 aliphatic heterocycles. The van der Waals surface area contributed by atoms with E-state index in [4.69, 9.17) is 4.42 Å². The number of benzene rings is 1. The van der Waals surface area contributed by atoms with Gasteiger partial charge in [-0.2, -0.15) is 0 Å². The Hall–Kier alpha value is -3.23. The van der Waals surface area contributed by atoms with Crippen molar-refractivity contribution in [2.45, 2.75) is 32.7 Å². The molecule has 3 aromatic heterocycles. The van der Waals surface area contributed by atoms with Crippen molar-refractivity contribution in [1.82, 2.24) is 19.3 Å². The van der Waals surface area contributed by atoms with Crippen molar-refractivity contribution in [3.63, 3.8) is 0 Å². The van der Waals surface area contributed by atoms with Crippen LogP contribution in [0.5, 0.6) is 0 Å². The van der Waals surface area contributed by atoms with E-state index in [1.54, 1.807) is 0 Å². The van der Waals surface area contributed by atoms with Gasteiger partial charge in [-0.05, 0) is 57.4 Å². The fraction of sp³-hybridized carbons (Fsp3) is 0.423. The second kappa shape index (κ2) is 8.21. The summed E-state index contributed by atoms with van der Waals surface area (Å²) in [4.78, 5) is 26.9. The van der Waals surface area contributed by atoms with Crippen LogP contribution in [0.2, 0.25) is 0 Å². The lowest BCUT2D eigenvalue weighted by molar-refractivity contribution is 0.100. The summed E-state index contributed by atoms with van der Waals surface area (Å²) >= 11 is 0. The highest BCUT2D eigenvalue weighted by atomic mass is 16.4. The van der Waals surface area contributed by atoms with Crippen LogP contribution in [0.4, 0.5) is 5.69 Å². The molecule has 0 radical (unpaired) electrons. The van der Waals surface area contributed by atoms with Gasteiger partial charge in [0.05, 0.1) is 29.3 Å². The third-order valence-corrected chi connectivity index (χ3v) is 7.37. The molecule has 8 nitrogen and oxygen atoms in total. The number of imidazole rings is 1. The smallest absolute Gasteiger partial charge is 0.345 e. The molecule has 34 heavy (non-hydrogen) atoms. The highest BCUT2D eigenvalue weighted by Gasteiger charge is 2.38. The Bertz CT molecular complexity index is 1440. The van der Waals surface area contributed by atoms with Crippen LogP contribution in [-0.4, -0.2) is 63.2 Å². The van der Waals surface area contributed by atoms with Crippen molar-refractivity contribution in [3.05, 3.63) is 58.5 Å². The molecule has 1 N–H and O–H groups in total. The molecule has 0 bridgehead atoms. The Morgan fingerprint density at radius 1 is 1.15 bits per heavy atom. The quantitative estimate of drug-likeness (QED) is 0.470. The molecule has 8 heteroatoms. The normalized spacial score (nSPS) is 21.0. The molecular formula is C26H29N5O3. The summed E-state index contributed by atoms with van der Waals surface area (Å²) < 4.78 is 7.69. The molecule has 4 aromatic rings. The number of aliphatic hydroxyl groups excluding tert-OH is 1. The molecule has 2 atom stereocenters. The maximum Gasteiger partial charge on any atom is 0.345 e. The van der Waals surface area contributed by atoms with Gasteiger partial charge in [0.25, 0.3) is 0 Å². The van der Waals surface area contributed by atoms with Crippen molar-refractivity contribution < 1.29 is 9.52 Å². The Morgan fingerprint density at radius 2 is 2.03 bits per heavy atom. The lowest BCUT2D eigenvalue weighted by Crippen LogP contribution is -2.46.